The van der Waals surface area contributed by atoms with E-state index in [-0.39, 0.29) is 6.10 Å². The highest BCUT2D eigenvalue weighted by Crippen LogP contribution is 2.22. The maximum absolute atomic E-state index is 11.3. The number of hydrogen-bond donors (Lipinski definition) is 1. The van der Waals surface area contributed by atoms with Gasteiger partial charge in [0.15, 0.2) is 0 Å². The molecule has 0 radical (unpaired) electrons. The second kappa shape index (κ2) is 4.61. The lowest BCUT2D eigenvalue weighted by Crippen LogP contribution is -2.27. The van der Waals surface area contributed by atoms with Crippen LogP contribution in [0.15, 0.2) is 22.8 Å². The molecule has 0 aliphatic heterocycles. The first-order chi connectivity index (χ1) is 7.24. The van der Waals surface area contributed by atoms with Crippen LogP contribution in [0.4, 0.5) is 10.6 Å². The third-order valence-corrected chi connectivity index (χ3v) is 2.71. The molecule has 1 aliphatic carbocycles. The summed E-state index contributed by atoms with van der Waals surface area (Å²) in [5.74, 6) is 0.494. The molecule has 0 atom stereocenters. The van der Waals surface area contributed by atoms with Crippen LogP contribution in [0, 0.1) is 0 Å². The van der Waals surface area contributed by atoms with E-state index in [1.165, 1.54) is 0 Å². The van der Waals surface area contributed by atoms with E-state index >= 15 is 0 Å². The Morgan fingerprint density at radius 2 is 2.33 bits per heavy atom. The first-order valence-corrected chi connectivity index (χ1v) is 5.63. The summed E-state index contributed by atoms with van der Waals surface area (Å²) in [6.07, 6.45) is 2.76. The topological polar surface area (TPSA) is 51.2 Å². The van der Waals surface area contributed by atoms with Crippen LogP contribution in [0.5, 0.6) is 0 Å². The average molecular weight is 271 g/mol. The Balaban J connectivity index is 1.87. The summed E-state index contributed by atoms with van der Waals surface area (Å²) in [6, 6.07) is 5.31. The minimum atomic E-state index is -0.426. The monoisotopic (exact) mass is 270 g/mol. The van der Waals surface area contributed by atoms with Crippen LogP contribution >= 0.6 is 15.9 Å². The number of amides is 1. The van der Waals surface area contributed by atoms with Gasteiger partial charge in [-0.25, -0.2) is 9.78 Å². The molecule has 1 amide bonds. The summed E-state index contributed by atoms with van der Waals surface area (Å²) in [5.41, 5.74) is 0. The maximum atomic E-state index is 11.3. The molecular formula is C10H11BrN2O2. The minimum absolute atomic E-state index is 0.0946. The first kappa shape index (κ1) is 10.4. The molecule has 0 bridgehead atoms. The number of anilines is 1. The van der Waals surface area contributed by atoms with Crippen molar-refractivity contribution >= 4 is 27.8 Å². The van der Waals surface area contributed by atoms with E-state index in [0.29, 0.717) is 10.4 Å². The van der Waals surface area contributed by atoms with Gasteiger partial charge in [0.1, 0.15) is 16.5 Å². The number of hydrogen-bond acceptors (Lipinski definition) is 3. The molecule has 15 heavy (non-hydrogen) atoms. The molecule has 1 saturated carbocycles. The van der Waals surface area contributed by atoms with Gasteiger partial charge in [0.05, 0.1) is 0 Å². The van der Waals surface area contributed by atoms with Crippen molar-refractivity contribution in [3.8, 4) is 0 Å². The summed E-state index contributed by atoms with van der Waals surface area (Å²) in [7, 11) is 0. The Morgan fingerprint density at radius 3 is 2.93 bits per heavy atom. The zero-order valence-corrected chi connectivity index (χ0v) is 9.66. The molecule has 5 heteroatoms. The lowest BCUT2D eigenvalue weighted by Gasteiger charge is -2.24. The van der Waals surface area contributed by atoms with E-state index in [2.05, 4.69) is 26.2 Å². The number of nitrogens with zero attached hydrogens (tertiary/aromatic N) is 1. The van der Waals surface area contributed by atoms with E-state index in [1.807, 2.05) is 0 Å². The van der Waals surface area contributed by atoms with Crippen LogP contribution in [0.2, 0.25) is 0 Å². The molecule has 2 rings (SSSR count). The lowest BCUT2D eigenvalue weighted by molar-refractivity contribution is 0.0623. The van der Waals surface area contributed by atoms with Gasteiger partial charge >= 0.3 is 6.09 Å². The molecule has 0 spiro atoms. The number of carbonyl (C=O) groups is 1. The molecule has 1 aliphatic rings. The SMILES string of the molecule is O=C(Nc1cccc(Br)n1)OC1CCC1. The number of pyridine rings is 1. The molecule has 1 fully saturated rings. The van der Waals surface area contributed by atoms with E-state index in [4.69, 9.17) is 4.74 Å². The van der Waals surface area contributed by atoms with Crippen molar-refractivity contribution in [2.75, 3.05) is 5.32 Å². The van der Waals surface area contributed by atoms with Crippen LogP contribution in [-0.2, 0) is 4.74 Å². The van der Waals surface area contributed by atoms with Crippen molar-refractivity contribution < 1.29 is 9.53 Å². The normalized spacial score (nSPS) is 15.5. The summed E-state index contributed by atoms with van der Waals surface area (Å²) in [6.45, 7) is 0. The van der Waals surface area contributed by atoms with Crippen molar-refractivity contribution in [3.05, 3.63) is 22.8 Å². The van der Waals surface area contributed by atoms with Crippen molar-refractivity contribution in [1.29, 1.82) is 0 Å². The second-order valence-electron chi connectivity index (χ2n) is 3.43. The lowest BCUT2D eigenvalue weighted by atomic mass is 9.96. The molecule has 80 valence electrons. The number of halogens is 1. The second-order valence-corrected chi connectivity index (χ2v) is 4.24. The Labute approximate surface area is 96.2 Å². The van der Waals surface area contributed by atoms with E-state index in [9.17, 15) is 4.79 Å². The Hall–Kier alpha value is -1.10. The molecule has 0 unspecified atom stereocenters. The van der Waals surface area contributed by atoms with E-state index in [1.54, 1.807) is 18.2 Å². The minimum Gasteiger partial charge on any atom is -0.446 e. The predicted octanol–water partition coefficient (Wildman–Crippen LogP) is 2.95. The van der Waals surface area contributed by atoms with Gasteiger partial charge in [-0.3, -0.25) is 5.32 Å². The van der Waals surface area contributed by atoms with Gasteiger partial charge in [-0.15, -0.1) is 0 Å². The Kier molecular flexibility index (Phi) is 3.20. The number of rotatable bonds is 2. The van der Waals surface area contributed by atoms with Crippen LogP contribution in [0.25, 0.3) is 0 Å². The van der Waals surface area contributed by atoms with Crippen molar-refractivity contribution in [2.45, 2.75) is 25.4 Å². The standard InChI is InChI=1S/C10H11BrN2O2/c11-8-5-2-6-9(12-8)13-10(14)15-7-3-1-4-7/h2,5-7H,1,3-4H2,(H,12,13,14). The highest BCUT2D eigenvalue weighted by molar-refractivity contribution is 9.10. The highest BCUT2D eigenvalue weighted by Gasteiger charge is 2.21. The molecule has 0 aromatic carbocycles. The maximum Gasteiger partial charge on any atom is 0.413 e. The summed E-state index contributed by atoms with van der Waals surface area (Å²) < 4.78 is 5.81. The van der Waals surface area contributed by atoms with Crippen LogP contribution in [-0.4, -0.2) is 17.2 Å². The van der Waals surface area contributed by atoms with Gasteiger partial charge in [-0.05, 0) is 47.3 Å². The predicted molar refractivity (Wildman–Crippen MR) is 59.7 cm³/mol. The zero-order valence-electron chi connectivity index (χ0n) is 8.07. The Morgan fingerprint density at radius 1 is 1.53 bits per heavy atom. The van der Waals surface area contributed by atoms with Gasteiger partial charge in [0, 0.05) is 0 Å². The largest absolute Gasteiger partial charge is 0.446 e. The fourth-order valence-corrected chi connectivity index (χ4v) is 1.60. The third kappa shape index (κ3) is 2.92. The molecular weight excluding hydrogens is 260 g/mol. The fraction of sp³-hybridized carbons (Fsp3) is 0.400. The summed E-state index contributed by atoms with van der Waals surface area (Å²) in [4.78, 5) is 15.4. The molecule has 1 aromatic rings. The number of carbonyl (C=O) groups excluding carboxylic acids is 1. The Bertz CT molecular complexity index is 366. The number of nitrogens with one attached hydrogen (secondary N) is 1. The fourth-order valence-electron chi connectivity index (χ4n) is 1.25. The quantitative estimate of drug-likeness (QED) is 0.841. The summed E-state index contributed by atoms with van der Waals surface area (Å²) in [5, 5.41) is 2.58. The van der Waals surface area contributed by atoms with Crippen molar-refractivity contribution in [3.63, 3.8) is 0 Å². The van der Waals surface area contributed by atoms with Gasteiger partial charge in [-0.1, -0.05) is 6.07 Å². The van der Waals surface area contributed by atoms with Gasteiger partial charge in [-0.2, -0.15) is 0 Å². The van der Waals surface area contributed by atoms with Crippen LogP contribution in [0.1, 0.15) is 19.3 Å². The van der Waals surface area contributed by atoms with Crippen molar-refractivity contribution in [2.24, 2.45) is 0 Å². The van der Waals surface area contributed by atoms with E-state index < -0.39 is 6.09 Å². The summed E-state index contributed by atoms with van der Waals surface area (Å²) >= 11 is 3.22. The van der Waals surface area contributed by atoms with Gasteiger partial charge in [0.2, 0.25) is 0 Å². The highest BCUT2D eigenvalue weighted by atomic mass is 79.9. The van der Waals surface area contributed by atoms with Gasteiger partial charge in [0.25, 0.3) is 0 Å². The van der Waals surface area contributed by atoms with E-state index in [0.717, 1.165) is 19.3 Å². The molecule has 1 N–H and O–H groups in total. The molecule has 1 heterocycles. The third-order valence-electron chi connectivity index (χ3n) is 2.27. The first-order valence-electron chi connectivity index (χ1n) is 4.84. The number of ether oxygens (including phenoxy) is 1. The molecule has 4 nitrogen and oxygen atoms in total. The van der Waals surface area contributed by atoms with Gasteiger partial charge < -0.3 is 4.74 Å². The van der Waals surface area contributed by atoms with Crippen molar-refractivity contribution in [1.82, 2.24) is 4.98 Å². The van der Waals surface area contributed by atoms with Crippen LogP contribution < -0.4 is 5.32 Å². The average Bonchev–Trinajstić information content (AvgIpc) is 2.11. The van der Waals surface area contributed by atoms with Crippen LogP contribution in [0.3, 0.4) is 0 Å². The number of aromatic nitrogens is 1. The molecule has 1 aromatic heterocycles. The molecule has 0 saturated heterocycles. The zero-order chi connectivity index (χ0) is 10.7. The smallest absolute Gasteiger partial charge is 0.413 e.